The Labute approximate surface area is 104 Å². The molecule has 2 heterocycles. The monoisotopic (exact) mass is 249 g/mol. The molecule has 0 saturated heterocycles. The van der Waals surface area contributed by atoms with E-state index in [4.69, 9.17) is 0 Å². The molecular formula is C12H15N3OS. The number of carbonyl (C=O) groups is 1. The summed E-state index contributed by atoms with van der Waals surface area (Å²) in [4.78, 5) is 12.8. The largest absolute Gasteiger partial charge is 0.352 e. The highest BCUT2D eigenvalue weighted by Gasteiger charge is 2.08. The molecule has 0 saturated carbocycles. The molecular weight excluding hydrogens is 234 g/mol. The quantitative estimate of drug-likeness (QED) is 0.870. The van der Waals surface area contributed by atoms with Gasteiger partial charge in [0, 0.05) is 22.7 Å². The zero-order chi connectivity index (χ0) is 12.3. The first kappa shape index (κ1) is 11.9. The van der Waals surface area contributed by atoms with Gasteiger partial charge in [0.15, 0.2) is 0 Å². The van der Waals surface area contributed by atoms with E-state index in [1.807, 2.05) is 31.4 Å². The molecule has 2 aromatic heterocycles. The maximum Gasteiger partial charge on any atom is 0.225 e. The molecule has 0 aromatic carbocycles. The van der Waals surface area contributed by atoms with Gasteiger partial charge in [0.25, 0.3) is 0 Å². The number of nitrogens with zero attached hydrogens (tertiary/aromatic N) is 1. The van der Waals surface area contributed by atoms with Crippen LogP contribution in [0.25, 0.3) is 0 Å². The summed E-state index contributed by atoms with van der Waals surface area (Å²) in [5, 5.41) is 11.9. The molecule has 17 heavy (non-hydrogen) atoms. The first-order chi connectivity index (χ1) is 8.16. The number of rotatable bonds is 4. The lowest BCUT2D eigenvalue weighted by molar-refractivity contribution is -0.120. The lowest BCUT2D eigenvalue weighted by atomic mass is 10.2. The number of thiophene rings is 1. The third kappa shape index (κ3) is 2.94. The van der Waals surface area contributed by atoms with Crippen LogP contribution in [0.4, 0.5) is 0 Å². The van der Waals surface area contributed by atoms with Crippen molar-refractivity contribution in [1.82, 2.24) is 15.5 Å². The van der Waals surface area contributed by atoms with E-state index in [-0.39, 0.29) is 5.91 Å². The summed E-state index contributed by atoms with van der Waals surface area (Å²) in [6.45, 7) is 4.43. The summed E-state index contributed by atoms with van der Waals surface area (Å²) in [5.41, 5.74) is 3.03. The zero-order valence-electron chi connectivity index (χ0n) is 9.91. The van der Waals surface area contributed by atoms with Crippen LogP contribution < -0.4 is 5.32 Å². The van der Waals surface area contributed by atoms with Crippen LogP contribution in [0, 0.1) is 13.8 Å². The molecule has 2 aromatic rings. The van der Waals surface area contributed by atoms with Gasteiger partial charge in [-0.25, -0.2) is 0 Å². The van der Waals surface area contributed by atoms with E-state index in [1.165, 1.54) is 0 Å². The van der Waals surface area contributed by atoms with Gasteiger partial charge in [0.2, 0.25) is 5.91 Å². The fourth-order valence-electron chi connectivity index (χ4n) is 1.66. The third-order valence-electron chi connectivity index (χ3n) is 2.66. The van der Waals surface area contributed by atoms with Crippen LogP contribution in [0.3, 0.4) is 0 Å². The minimum atomic E-state index is 0.0486. The van der Waals surface area contributed by atoms with E-state index in [9.17, 15) is 4.79 Å². The molecule has 5 heteroatoms. The summed E-state index contributed by atoms with van der Waals surface area (Å²) in [7, 11) is 0. The van der Waals surface area contributed by atoms with Crippen LogP contribution in [0.1, 0.15) is 21.8 Å². The molecule has 0 spiro atoms. The Kier molecular flexibility index (Phi) is 3.58. The number of hydrogen-bond donors (Lipinski definition) is 2. The van der Waals surface area contributed by atoms with Crippen molar-refractivity contribution in [2.75, 3.05) is 0 Å². The Bertz CT molecular complexity index is 482. The van der Waals surface area contributed by atoms with Crippen LogP contribution in [0.5, 0.6) is 0 Å². The van der Waals surface area contributed by atoms with E-state index >= 15 is 0 Å². The molecule has 0 unspecified atom stereocenters. The average molecular weight is 249 g/mol. The van der Waals surface area contributed by atoms with E-state index in [0.717, 1.165) is 21.8 Å². The molecule has 0 aliphatic carbocycles. The number of carbonyl (C=O) groups excluding carboxylic acids is 1. The maximum absolute atomic E-state index is 11.7. The van der Waals surface area contributed by atoms with Crippen molar-refractivity contribution >= 4 is 17.2 Å². The van der Waals surface area contributed by atoms with Gasteiger partial charge in [0.05, 0.1) is 12.1 Å². The van der Waals surface area contributed by atoms with E-state index in [1.54, 1.807) is 11.3 Å². The van der Waals surface area contributed by atoms with Gasteiger partial charge >= 0.3 is 0 Å². The molecule has 4 nitrogen and oxygen atoms in total. The topological polar surface area (TPSA) is 57.8 Å². The van der Waals surface area contributed by atoms with Crippen molar-refractivity contribution in [1.29, 1.82) is 0 Å². The molecule has 90 valence electrons. The Balaban J connectivity index is 1.88. The van der Waals surface area contributed by atoms with Gasteiger partial charge < -0.3 is 5.32 Å². The molecule has 0 aliphatic heterocycles. The zero-order valence-corrected chi connectivity index (χ0v) is 10.7. The Morgan fingerprint density at radius 3 is 2.94 bits per heavy atom. The van der Waals surface area contributed by atoms with Gasteiger partial charge in [-0.05, 0) is 25.3 Å². The highest BCUT2D eigenvalue weighted by Crippen LogP contribution is 2.10. The summed E-state index contributed by atoms with van der Waals surface area (Å²) in [6.07, 6.45) is 0.452. The number of hydrogen-bond acceptors (Lipinski definition) is 3. The lowest BCUT2D eigenvalue weighted by Gasteiger charge is -2.04. The van der Waals surface area contributed by atoms with Crippen molar-refractivity contribution in [3.8, 4) is 0 Å². The number of nitrogens with one attached hydrogen (secondary N) is 2. The van der Waals surface area contributed by atoms with Gasteiger partial charge in [-0.1, -0.05) is 6.07 Å². The Morgan fingerprint density at radius 2 is 2.35 bits per heavy atom. The molecule has 0 radical (unpaired) electrons. The van der Waals surface area contributed by atoms with E-state index < -0.39 is 0 Å². The third-order valence-corrected chi connectivity index (χ3v) is 3.53. The molecule has 0 atom stereocenters. The second-order valence-corrected chi connectivity index (χ2v) is 4.98. The molecule has 1 amide bonds. The van der Waals surface area contributed by atoms with Crippen molar-refractivity contribution in [2.45, 2.75) is 26.8 Å². The number of H-pyrrole nitrogens is 1. The van der Waals surface area contributed by atoms with Crippen molar-refractivity contribution < 1.29 is 4.79 Å². The normalized spacial score (nSPS) is 10.5. The van der Waals surface area contributed by atoms with Crippen molar-refractivity contribution in [2.24, 2.45) is 0 Å². The summed E-state index contributed by atoms with van der Waals surface area (Å²) in [5.74, 6) is 0.0486. The Morgan fingerprint density at radius 1 is 1.53 bits per heavy atom. The predicted molar refractivity (Wildman–Crippen MR) is 67.9 cm³/mol. The lowest BCUT2D eigenvalue weighted by Crippen LogP contribution is -2.24. The maximum atomic E-state index is 11.7. The van der Waals surface area contributed by atoms with Crippen LogP contribution in [-0.2, 0) is 17.8 Å². The van der Waals surface area contributed by atoms with Crippen LogP contribution in [0.15, 0.2) is 17.5 Å². The van der Waals surface area contributed by atoms with Gasteiger partial charge in [-0.2, -0.15) is 5.10 Å². The molecule has 0 bridgehead atoms. The van der Waals surface area contributed by atoms with Crippen LogP contribution in [0.2, 0.25) is 0 Å². The predicted octanol–water partition coefficient (Wildman–Crippen LogP) is 1.95. The highest BCUT2D eigenvalue weighted by molar-refractivity contribution is 7.10. The number of aromatic amines is 1. The van der Waals surface area contributed by atoms with Crippen molar-refractivity contribution in [3.63, 3.8) is 0 Å². The molecule has 0 aliphatic rings. The SMILES string of the molecule is Cc1n[nH]c(C)c1CNC(=O)Cc1cccs1. The number of aryl methyl sites for hydroxylation is 2. The van der Waals surface area contributed by atoms with Crippen LogP contribution >= 0.6 is 11.3 Å². The first-order valence-corrected chi connectivity index (χ1v) is 6.34. The smallest absolute Gasteiger partial charge is 0.225 e. The highest BCUT2D eigenvalue weighted by atomic mass is 32.1. The fraction of sp³-hybridized carbons (Fsp3) is 0.333. The number of amides is 1. The van der Waals surface area contributed by atoms with Crippen LogP contribution in [-0.4, -0.2) is 16.1 Å². The number of aromatic nitrogens is 2. The second-order valence-electron chi connectivity index (χ2n) is 3.95. The Hall–Kier alpha value is -1.62. The minimum absolute atomic E-state index is 0.0486. The summed E-state index contributed by atoms with van der Waals surface area (Å²) >= 11 is 1.60. The van der Waals surface area contributed by atoms with Gasteiger partial charge in [-0.3, -0.25) is 9.89 Å². The van der Waals surface area contributed by atoms with Gasteiger partial charge in [0.1, 0.15) is 0 Å². The molecule has 2 rings (SSSR count). The van der Waals surface area contributed by atoms with Gasteiger partial charge in [-0.15, -0.1) is 11.3 Å². The summed E-state index contributed by atoms with van der Waals surface area (Å²) in [6, 6.07) is 3.93. The fourth-order valence-corrected chi connectivity index (χ4v) is 2.36. The van der Waals surface area contributed by atoms with E-state index in [0.29, 0.717) is 13.0 Å². The molecule has 2 N–H and O–H groups in total. The standard InChI is InChI=1S/C12H15N3OS/c1-8-11(9(2)15-14-8)7-13-12(16)6-10-4-3-5-17-10/h3-5H,6-7H2,1-2H3,(H,13,16)(H,14,15). The molecule has 0 fully saturated rings. The summed E-state index contributed by atoms with van der Waals surface area (Å²) < 4.78 is 0. The minimum Gasteiger partial charge on any atom is -0.352 e. The van der Waals surface area contributed by atoms with Crippen molar-refractivity contribution in [3.05, 3.63) is 39.3 Å². The van der Waals surface area contributed by atoms with E-state index in [2.05, 4.69) is 15.5 Å². The average Bonchev–Trinajstić information content (AvgIpc) is 2.88. The second kappa shape index (κ2) is 5.14. The first-order valence-electron chi connectivity index (χ1n) is 5.46.